The van der Waals surface area contributed by atoms with Crippen molar-refractivity contribution in [2.45, 2.75) is 65.3 Å². The highest BCUT2D eigenvalue weighted by atomic mass is 79.9. The number of nitrogens with zero attached hydrogens (tertiary/aromatic N) is 3. The van der Waals surface area contributed by atoms with Crippen LogP contribution < -0.4 is 10.4 Å². The maximum Gasteiger partial charge on any atom is 0.261 e. The second-order valence-corrected chi connectivity index (χ2v) is 15.8. The molecule has 0 N–H and O–H groups in total. The number of fused-ring (bicyclic) bond motifs is 1. The Kier molecular flexibility index (Phi) is 10.1. The highest BCUT2D eigenvalue weighted by Gasteiger charge is 2.49. The van der Waals surface area contributed by atoms with Crippen LogP contribution in [0.1, 0.15) is 59.6 Å². The summed E-state index contributed by atoms with van der Waals surface area (Å²) in [6, 6.07) is 23.6. The molecule has 0 aliphatic heterocycles. The Hall–Kier alpha value is -2.36. The van der Waals surface area contributed by atoms with Crippen LogP contribution in [0.15, 0.2) is 77.4 Å². The number of ether oxygens (including phenoxy) is 2. The lowest BCUT2D eigenvalue weighted by Crippen LogP contribution is -2.66. The fourth-order valence-electron chi connectivity index (χ4n) is 5.26. The van der Waals surface area contributed by atoms with Gasteiger partial charge in [0.1, 0.15) is 5.52 Å². The molecule has 8 heteroatoms. The Labute approximate surface area is 242 Å². The molecule has 0 amide bonds. The molecule has 0 bridgehead atoms. The summed E-state index contributed by atoms with van der Waals surface area (Å²) in [6.45, 7) is 13.4. The van der Waals surface area contributed by atoms with Gasteiger partial charge in [-0.1, -0.05) is 81.4 Å². The van der Waals surface area contributed by atoms with Crippen molar-refractivity contribution in [3.05, 3.63) is 83.2 Å². The third-order valence-corrected chi connectivity index (χ3v) is 12.4. The quantitative estimate of drug-likeness (QED) is 0.0968. The van der Waals surface area contributed by atoms with Gasteiger partial charge in [0.15, 0.2) is 11.5 Å². The zero-order valence-corrected chi connectivity index (χ0v) is 26.3. The molecule has 0 saturated carbocycles. The van der Waals surface area contributed by atoms with Gasteiger partial charge in [0, 0.05) is 37.0 Å². The van der Waals surface area contributed by atoms with Crippen LogP contribution in [-0.4, -0.2) is 42.7 Å². The zero-order valence-electron chi connectivity index (χ0n) is 23.7. The van der Waals surface area contributed by atoms with E-state index < -0.39 is 14.6 Å². The summed E-state index contributed by atoms with van der Waals surface area (Å²) >= 11 is 3.52. The van der Waals surface area contributed by atoms with Crippen LogP contribution in [0.5, 0.6) is 0 Å². The van der Waals surface area contributed by atoms with E-state index in [2.05, 4.69) is 107 Å². The minimum absolute atomic E-state index is 0.0388. The molecule has 0 spiro atoms. The van der Waals surface area contributed by atoms with Gasteiger partial charge in [0.2, 0.25) is 6.29 Å². The molecule has 0 unspecified atom stereocenters. The first kappa shape index (κ1) is 29.6. The number of hydrogen-bond donors (Lipinski definition) is 0. The average Bonchev–Trinajstić information content (AvgIpc) is 3.28. The number of benzene rings is 2. The van der Waals surface area contributed by atoms with Crippen LogP contribution in [0.25, 0.3) is 11.2 Å². The molecule has 208 valence electrons. The van der Waals surface area contributed by atoms with E-state index in [1.807, 2.05) is 26.1 Å². The number of halogens is 1. The van der Waals surface area contributed by atoms with Crippen LogP contribution in [0.4, 0.5) is 0 Å². The lowest BCUT2D eigenvalue weighted by molar-refractivity contribution is -0.146. The summed E-state index contributed by atoms with van der Waals surface area (Å²) in [5, 5.41) is 2.57. The summed E-state index contributed by atoms with van der Waals surface area (Å²) in [5.41, 5.74) is 1.66. The van der Waals surface area contributed by atoms with E-state index in [-0.39, 0.29) is 5.04 Å². The standard InChI is InChI=1S/C31H40BrN3O3Si/c1-6-36-30(37-7-2)29-34-27-22-24(32)23-33-28(27)35(29)20-14-15-21-38-39(31(3,4)5,25-16-10-8-11-17-25)26-18-12-9-13-19-26/h8-13,16-19,22-23,30H,6-7,14-15,20-21H2,1-5H3. The maximum absolute atomic E-state index is 7.09. The van der Waals surface area contributed by atoms with Crippen LogP contribution in [0.2, 0.25) is 5.04 Å². The van der Waals surface area contributed by atoms with E-state index in [1.165, 1.54) is 10.4 Å². The average molecular weight is 611 g/mol. The molecule has 0 fully saturated rings. The molecule has 4 rings (SSSR count). The van der Waals surface area contributed by atoms with Crippen LogP contribution in [-0.2, 0) is 20.4 Å². The monoisotopic (exact) mass is 609 g/mol. The summed E-state index contributed by atoms with van der Waals surface area (Å²) < 4.78 is 21.9. The number of hydrogen-bond acceptors (Lipinski definition) is 5. The first-order chi connectivity index (χ1) is 18.8. The van der Waals surface area contributed by atoms with E-state index in [4.69, 9.17) is 18.9 Å². The summed E-state index contributed by atoms with van der Waals surface area (Å²) in [4.78, 5) is 9.53. The topological polar surface area (TPSA) is 58.4 Å². The van der Waals surface area contributed by atoms with Gasteiger partial charge in [0.25, 0.3) is 8.32 Å². The van der Waals surface area contributed by atoms with Crippen LogP contribution in [0.3, 0.4) is 0 Å². The lowest BCUT2D eigenvalue weighted by Gasteiger charge is -2.43. The predicted octanol–water partition coefficient (Wildman–Crippen LogP) is 6.62. The van der Waals surface area contributed by atoms with E-state index in [1.54, 1.807) is 0 Å². The number of unbranched alkanes of at least 4 members (excludes halogenated alkanes) is 1. The molecule has 0 aliphatic rings. The number of pyridine rings is 1. The highest BCUT2D eigenvalue weighted by Crippen LogP contribution is 2.37. The van der Waals surface area contributed by atoms with Gasteiger partial charge >= 0.3 is 0 Å². The number of imidazole rings is 1. The maximum atomic E-state index is 7.09. The van der Waals surface area contributed by atoms with E-state index in [9.17, 15) is 0 Å². The van der Waals surface area contributed by atoms with Crippen molar-refractivity contribution in [2.24, 2.45) is 0 Å². The molecular weight excluding hydrogens is 570 g/mol. The van der Waals surface area contributed by atoms with Crippen molar-refractivity contribution in [1.29, 1.82) is 0 Å². The molecule has 0 radical (unpaired) electrons. The van der Waals surface area contributed by atoms with E-state index >= 15 is 0 Å². The molecule has 0 saturated heterocycles. The second kappa shape index (κ2) is 13.3. The van der Waals surface area contributed by atoms with Gasteiger partial charge in [0.05, 0.1) is 0 Å². The molecule has 0 aliphatic carbocycles. The largest absolute Gasteiger partial charge is 0.407 e. The van der Waals surface area contributed by atoms with Gasteiger partial charge in [-0.25, -0.2) is 9.97 Å². The molecule has 2 heterocycles. The van der Waals surface area contributed by atoms with Gasteiger partial charge in [-0.05, 0) is 64.1 Å². The van der Waals surface area contributed by atoms with Crippen LogP contribution >= 0.6 is 15.9 Å². The molecule has 39 heavy (non-hydrogen) atoms. The summed E-state index contributed by atoms with van der Waals surface area (Å²) in [7, 11) is -2.54. The molecular formula is C31H40BrN3O3Si. The predicted molar refractivity (Wildman–Crippen MR) is 164 cm³/mol. The zero-order chi connectivity index (χ0) is 27.9. The molecule has 2 aromatic carbocycles. The summed E-state index contributed by atoms with van der Waals surface area (Å²) in [6.07, 6.45) is 3.11. The lowest BCUT2D eigenvalue weighted by atomic mass is 10.2. The van der Waals surface area contributed by atoms with Crippen molar-refractivity contribution in [2.75, 3.05) is 19.8 Å². The SMILES string of the molecule is CCOC(OCC)c1nc2cc(Br)cnc2n1CCCCO[Si](c1ccccc1)(c1ccccc1)C(C)(C)C. The Morgan fingerprint density at radius 3 is 2.03 bits per heavy atom. The van der Waals surface area contributed by atoms with Crippen molar-refractivity contribution in [3.63, 3.8) is 0 Å². The van der Waals surface area contributed by atoms with Gasteiger partial charge in [-0.15, -0.1) is 0 Å². The third-order valence-electron chi connectivity index (χ3n) is 6.94. The number of aryl methyl sites for hydroxylation is 1. The Morgan fingerprint density at radius 2 is 1.49 bits per heavy atom. The highest BCUT2D eigenvalue weighted by molar-refractivity contribution is 9.10. The van der Waals surface area contributed by atoms with Crippen molar-refractivity contribution >= 4 is 45.8 Å². The summed E-state index contributed by atoms with van der Waals surface area (Å²) in [5.74, 6) is 0.757. The van der Waals surface area contributed by atoms with Crippen molar-refractivity contribution in [3.8, 4) is 0 Å². The minimum Gasteiger partial charge on any atom is -0.407 e. The Morgan fingerprint density at radius 1 is 0.897 bits per heavy atom. The van der Waals surface area contributed by atoms with E-state index in [0.717, 1.165) is 40.8 Å². The Bertz CT molecular complexity index is 1280. The molecule has 2 aromatic heterocycles. The minimum atomic E-state index is -2.54. The first-order valence-electron chi connectivity index (χ1n) is 13.8. The van der Waals surface area contributed by atoms with Gasteiger partial charge in [-0.2, -0.15) is 0 Å². The fourth-order valence-corrected chi connectivity index (χ4v) is 10.2. The van der Waals surface area contributed by atoms with E-state index in [0.29, 0.717) is 19.8 Å². The van der Waals surface area contributed by atoms with Gasteiger partial charge < -0.3 is 18.5 Å². The van der Waals surface area contributed by atoms with Crippen LogP contribution in [0, 0.1) is 0 Å². The van der Waals surface area contributed by atoms with Crippen molar-refractivity contribution in [1.82, 2.24) is 14.5 Å². The molecule has 4 aromatic rings. The molecule has 6 nitrogen and oxygen atoms in total. The fraction of sp³-hybridized carbons (Fsp3) is 0.419. The first-order valence-corrected chi connectivity index (χ1v) is 16.5. The Balaban J connectivity index is 1.56. The number of rotatable bonds is 13. The normalized spacial score (nSPS) is 12.5. The molecule has 0 atom stereocenters. The van der Waals surface area contributed by atoms with Crippen molar-refractivity contribution < 1.29 is 13.9 Å². The number of aromatic nitrogens is 3. The van der Waals surface area contributed by atoms with Gasteiger partial charge in [-0.3, -0.25) is 0 Å². The smallest absolute Gasteiger partial charge is 0.261 e. The second-order valence-electron chi connectivity index (χ2n) is 10.6. The third kappa shape index (κ3) is 6.52.